The van der Waals surface area contributed by atoms with Crippen LogP contribution in [0.2, 0.25) is 0 Å². The number of hydrogen-bond acceptors (Lipinski definition) is 3. The molecule has 1 aliphatic carbocycles. The molecule has 0 aromatic rings. The van der Waals surface area contributed by atoms with Gasteiger partial charge in [-0.2, -0.15) is 0 Å². The molecule has 2 N–H and O–H groups in total. The van der Waals surface area contributed by atoms with E-state index < -0.39 is 5.97 Å². The summed E-state index contributed by atoms with van der Waals surface area (Å²) in [5.74, 6) is -0.450. The molecule has 2 atom stereocenters. The summed E-state index contributed by atoms with van der Waals surface area (Å²) >= 11 is 0. The Bertz CT molecular complexity index is 395. The zero-order chi connectivity index (χ0) is 13.6. The van der Waals surface area contributed by atoms with Crippen molar-refractivity contribution >= 4 is 12.0 Å². The van der Waals surface area contributed by atoms with Gasteiger partial charge >= 0.3 is 12.0 Å². The van der Waals surface area contributed by atoms with Gasteiger partial charge in [-0.15, -0.1) is 0 Å². The van der Waals surface area contributed by atoms with Crippen LogP contribution in [0.1, 0.15) is 19.3 Å². The van der Waals surface area contributed by atoms with Crippen LogP contribution in [-0.4, -0.2) is 65.7 Å². The SMILES string of the molecule is CN1CCC(C2CN(C3CC(C(=O)O)C3)C(=O)N2)C1. The predicted octanol–water partition coefficient (Wildman–Crippen LogP) is 0.195. The number of nitrogens with zero attached hydrogens (tertiary/aromatic N) is 2. The lowest BCUT2D eigenvalue weighted by Crippen LogP contribution is -2.48. The molecular weight excluding hydrogens is 246 g/mol. The predicted molar refractivity (Wildman–Crippen MR) is 68.8 cm³/mol. The van der Waals surface area contributed by atoms with Gasteiger partial charge in [-0.3, -0.25) is 4.79 Å². The number of urea groups is 1. The first-order valence-electron chi connectivity index (χ1n) is 7.03. The Hall–Kier alpha value is -1.30. The van der Waals surface area contributed by atoms with Gasteiger partial charge in [0, 0.05) is 19.1 Å². The van der Waals surface area contributed by atoms with E-state index in [4.69, 9.17) is 5.11 Å². The van der Waals surface area contributed by atoms with Crippen LogP contribution in [0.4, 0.5) is 4.79 Å². The van der Waals surface area contributed by atoms with Crippen LogP contribution < -0.4 is 5.32 Å². The molecule has 0 aromatic heterocycles. The summed E-state index contributed by atoms with van der Waals surface area (Å²) < 4.78 is 0. The number of hydrogen-bond donors (Lipinski definition) is 2. The maximum absolute atomic E-state index is 12.0. The van der Waals surface area contributed by atoms with E-state index in [1.807, 2.05) is 4.90 Å². The van der Waals surface area contributed by atoms with Gasteiger partial charge in [0.05, 0.1) is 12.0 Å². The van der Waals surface area contributed by atoms with Crippen LogP contribution in [-0.2, 0) is 4.79 Å². The standard InChI is InChI=1S/C13H21N3O3/c1-15-3-2-8(6-15)11-7-16(13(19)14-11)10-4-9(5-10)12(17)18/h8-11H,2-7H2,1H3,(H,14,19)(H,17,18). The van der Waals surface area contributed by atoms with E-state index in [1.165, 1.54) is 0 Å². The lowest BCUT2D eigenvalue weighted by molar-refractivity contribution is -0.146. The van der Waals surface area contributed by atoms with Crippen LogP contribution in [0.15, 0.2) is 0 Å². The van der Waals surface area contributed by atoms with Crippen molar-refractivity contribution in [2.45, 2.75) is 31.3 Å². The van der Waals surface area contributed by atoms with Crippen LogP contribution in [0.5, 0.6) is 0 Å². The van der Waals surface area contributed by atoms with Crippen molar-refractivity contribution < 1.29 is 14.7 Å². The van der Waals surface area contributed by atoms with Crippen molar-refractivity contribution in [3.8, 4) is 0 Å². The molecule has 2 saturated heterocycles. The number of carbonyl (C=O) groups excluding carboxylic acids is 1. The first-order valence-corrected chi connectivity index (χ1v) is 7.03. The molecule has 3 rings (SSSR count). The summed E-state index contributed by atoms with van der Waals surface area (Å²) in [6.45, 7) is 2.89. The van der Waals surface area contributed by atoms with E-state index in [9.17, 15) is 9.59 Å². The Labute approximate surface area is 112 Å². The van der Waals surface area contributed by atoms with Crippen LogP contribution in [0, 0.1) is 11.8 Å². The first kappa shape index (κ1) is 12.7. The molecule has 0 radical (unpaired) electrons. The Morgan fingerprint density at radius 1 is 1.37 bits per heavy atom. The highest BCUT2D eigenvalue weighted by Gasteiger charge is 2.45. The van der Waals surface area contributed by atoms with Crippen molar-refractivity contribution in [2.75, 3.05) is 26.7 Å². The number of nitrogens with one attached hydrogen (secondary N) is 1. The van der Waals surface area contributed by atoms with Gasteiger partial charge in [0.25, 0.3) is 0 Å². The van der Waals surface area contributed by atoms with Crippen molar-refractivity contribution in [1.82, 2.24) is 15.1 Å². The van der Waals surface area contributed by atoms with Crippen molar-refractivity contribution in [3.63, 3.8) is 0 Å². The summed E-state index contributed by atoms with van der Waals surface area (Å²) in [6.07, 6.45) is 2.36. The number of rotatable bonds is 3. The second kappa shape index (κ2) is 4.67. The lowest BCUT2D eigenvalue weighted by Gasteiger charge is -2.38. The minimum absolute atomic E-state index is 0.00612. The molecule has 3 fully saturated rings. The zero-order valence-corrected chi connectivity index (χ0v) is 11.2. The molecule has 106 valence electrons. The van der Waals surface area contributed by atoms with Crippen molar-refractivity contribution in [2.24, 2.45) is 11.8 Å². The Morgan fingerprint density at radius 2 is 2.11 bits per heavy atom. The van der Waals surface area contributed by atoms with E-state index >= 15 is 0 Å². The third kappa shape index (κ3) is 2.29. The average Bonchev–Trinajstić information content (AvgIpc) is 2.83. The van der Waals surface area contributed by atoms with Crippen LogP contribution in [0.3, 0.4) is 0 Å². The van der Waals surface area contributed by atoms with Crippen LogP contribution >= 0.6 is 0 Å². The molecule has 19 heavy (non-hydrogen) atoms. The smallest absolute Gasteiger partial charge is 0.318 e. The topological polar surface area (TPSA) is 72.9 Å². The van der Waals surface area contributed by atoms with Gasteiger partial charge in [0.15, 0.2) is 0 Å². The van der Waals surface area contributed by atoms with Gasteiger partial charge in [-0.05, 0) is 38.8 Å². The summed E-state index contributed by atoms with van der Waals surface area (Å²) in [5.41, 5.74) is 0. The van der Waals surface area contributed by atoms with Gasteiger partial charge < -0.3 is 20.2 Å². The summed E-state index contributed by atoms with van der Waals surface area (Å²) in [5, 5.41) is 12.0. The van der Waals surface area contributed by atoms with E-state index in [2.05, 4.69) is 17.3 Å². The number of carboxylic acids is 1. The molecule has 0 spiro atoms. The van der Waals surface area contributed by atoms with E-state index in [0.717, 1.165) is 26.1 Å². The highest BCUT2D eigenvalue weighted by atomic mass is 16.4. The molecule has 1 saturated carbocycles. The molecule has 6 nitrogen and oxygen atoms in total. The summed E-state index contributed by atoms with van der Waals surface area (Å²) in [7, 11) is 2.11. The van der Waals surface area contributed by atoms with E-state index in [0.29, 0.717) is 18.8 Å². The van der Waals surface area contributed by atoms with Crippen molar-refractivity contribution in [1.29, 1.82) is 0 Å². The fraction of sp³-hybridized carbons (Fsp3) is 0.846. The van der Waals surface area contributed by atoms with E-state index in [1.54, 1.807) is 0 Å². The van der Waals surface area contributed by atoms with E-state index in [-0.39, 0.29) is 24.0 Å². The molecule has 2 amide bonds. The van der Waals surface area contributed by atoms with Crippen LogP contribution in [0.25, 0.3) is 0 Å². The molecule has 0 bridgehead atoms. The normalized spacial score (nSPS) is 39.2. The fourth-order valence-electron chi connectivity index (χ4n) is 3.51. The molecular formula is C13H21N3O3. The van der Waals surface area contributed by atoms with Gasteiger partial charge in [0.2, 0.25) is 0 Å². The quantitative estimate of drug-likeness (QED) is 0.766. The number of likely N-dealkylation sites (tertiary alicyclic amines) is 1. The number of carboxylic acid groups (broad SMARTS) is 1. The molecule has 0 aromatic carbocycles. The number of carbonyl (C=O) groups is 2. The molecule has 2 aliphatic heterocycles. The number of amides is 2. The minimum Gasteiger partial charge on any atom is -0.481 e. The monoisotopic (exact) mass is 267 g/mol. The summed E-state index contributed by atoms with van der Waals surface area (Å²) in [6, 6.07) is 0.361. The Balaban J connectivity index is 1.55. The molecule has 2 heterocycles. The molecule has 3 aliphatic rings. The summed E-state index contributed by atoms with van der Waals surface area (Å²) in [4.78, 5) is 26.9. The Morgan fingerprint density at radius 3 is 2.68 bits per heavy atom. The second-order valence-electron chi connectivity index (χ2n) is 6.18. The third-order valence-electron chi connectivity index (χ3n) is 4.86. The second-order valence-corrected chi connectivity index (χ2v) is 6.18. The van der Waals surface area contributed by atoms with Gasteiger partial charge in [0.1, 0.15) is 0 Å². The highest BCUT2D eigenvalue weighted by molar-refractivity contribution is 5.78. The van der Waals surface area contributed by atoms with Crippen molar-refractivity contribution in [3.05, 3.63) is 0 Å². The van der Waals surface area contributed by atoms with Gasteiger partial charge in [-0.1, -0.05) is 0 Å². The maximum Gasteiger partial charge on any atom is 0.318 e. The largest absolute Gasteiger partial charge is 0.481 e. The highest BCUT2D eigenvalue weighted by Crippen LogP contribution is 2.34. The third-order valence-corrected chi connectivity index (χ3v) is 4.86. The number of aliphatic carboxylic acids is 1. The average molecular weight is 267 g/mol. The van der Waals surface area contributed by atoms with Gasteiger partial charge in [-0.25, -0.2) is 4.79 Å². The fourth-order valence-corrected chi connectivity index (χ4v) is 3.51. The Kier molecular flexibility index (Phi) is 3.12. The first-order chi connectivity index (χ1) is 9.04. The minimum atomic E-state index is -0.732. The maximum atomic E-state index is 12.0. The molecule has 2 unspecified atom stereocenters. The zero-order valence-electron chi connectivity index (χ0n) is 11.2. The lowest BCUT2D eigenvalue weighted by atomic mass is 9.79. The molecule has 6 heteroatoms.